The predicted octanol–water partition coefficient (Wildman–Crippen LogP) is 5.10. The van der Waals surface area contributed by atoms with Crippen molar-refractivity contribution < 1.29 is 9.18 Å². The maximum absolute atomic E-state index is 13.7. The minimum absolute atomic E-state index is 0.0328. The van der Waals surface area contributed by atoms with Gasteiger partial charge in [0.2, 0.25) is 11.9 Å². The van der Waals surface area contributed by atoms with Crippen molar-refractivity contribution in [2.45, 2.75) is 32.4 Å². The van der Waals surface area contributed by atoms with E-state index in [0.29, 0.717) is 25.5 Å². The van der Waals surface area contributed by atoms with Crippen LogP contribution in [-0.4, -0.2) is 24.6 Å². The fraction of sp³-hybridized carbons (Fsp3) is 0.222. The summed E-state index contributed by atoms with van der Waals surface area (Å²) in [6.45, 7) is 2.87. The molecule has 0 radical (unpaired) electrons. The van der Waals surface area contributed by atoms with Crippen LogP contribution in [0.3, 0.4) is 0 Å². The van der Waals surface area contributed by atoms with Gasteiger partial charge >= 0.3 is 0 Å². The van der Waals surface area contributed by atoms with Crippen molar-refractivity contribution in [2.24, 2.45) is 9.98 Å². The first-order valence-electron chi connectivity index (χ1n) is 11.3. The number of nitrogens with zero attached hydrogens (tertiary/aromatic N) is 2. The number of guanidine groups is 1. The molecule has 0 aliphatic carbocycles. The van der Waals surface area contributed by atoms with Gasteiger partial charge in [0, 0.05) is 37.5 Å². The normalized spacial score (nSPS) is 15.0. The van der Waals surface area contributed by atoms with Crippen molar-refractivity contribution in [3.05, 3.63) is 95.3 Å². The number of rotatable bonds is 8. The fourth-order valence-electron chi connectivity index (χ4n) is 3.78. The molecule has 0 saturated heterocycles. The van der Waals surface area contributed by atoms with E-state index in [-0.39, 0.29) is 17.8 Å². The summed E-state index contributed by atoms with van der Waals surface area (Å²) in [5, 5.41) is 9.45. The van der Waals surface area contributed by atoms with Crippen LogP contribution in [0.1, 0.15) is 36.1 Å². The van der Waals surface area contributed by atoms with Gasteiger partial charge in [-0.1, -0.05) is 42.5 Å². The minimum atomic E-state index is -0.161. The van der Waals surface area contributed by atoms with Crippen LogP contribution in [0, 0.1) is 5.82 Å². The van der Waals surface area contributed by atoms with Crippen LogP contribution >= 0.6 is 0 Å². The smallest absolute Gasteiger partial charge is 0.222 e. The Labute approximate surface area is 199 Å². The maximum Gasteiger partial charge on any atom is 0.222 e. The first-order valence-corrected chi connectivity index (χ1v) is 11.3. The van der Waals surface area contributed by atoms with Crippen molar-refractivity contribution in [3.8, 4) is 0 Å². The summed E-state index contributed by atoms with van der Waals surface area (Å²) in [6, 6.07) is 22.6. The topological polar surface area (TPSA) is 77.9 Å². The average Bonchev–Trinajstić information content (AvgIpc) is 2.83. The number of hydrogen-bond donors (Lipinski definition) is 3. The molecule has 1 atom stereocenters. The SMILES string of the molecule is CC(=O)Nc1ccc(C2CC=NC(Nc3cccc(CNCCc4ccccc4F)c3)=N2)cc1. The van der Waals surface area contributed by atoms with Crippen LogP contribution in [0.2, 0.25) is 0 Å². The molecule has 34 heavy (non-hydrogen) atoms. The molecule has 0 bridgehead atoms. The molecule has 3 aromatic carbocycles. The van der Waals surface area contributed by atoms with Gasteiger partial charge in [-0.15, -0.1) is 0 Å². The lowest BCUT2D eigenvalue weighted by atomic mass is 10.0. The molecule has 6 nitrogen and oxygen atoms in total. The van der Waals surface area contributed by atoms with Gasteiger partial charge in [-0.3, -0.25) is 4.79 Å². The highest BCUT2D eigenvalue weighted by Gasteiger charge is 2.14. The van der Waals surface area contributed by atoms with E-state index in [1.165, 1.54) is 13.0 Å². The van der Waals surface area contributed by atoms with Crippen molar-refractivity contribution in [3.63, 3.8) is 0 Å². The molecule has 1 heterocycles. The molecule has 0 spiro atoms. The lowest BCUT2D eigenvalue weighted by Crippen LogP contribution is -2.18. The lowest BCUT2D eigenvalue weighted by Gasteiger charge is -2.17. The molecular formula is C27H28FN5O. The Morgan fingerprint density at radius 3 is 2.65 bits per heavy atom. The van der Waals surface area contributed by atoms with Gasteiger partial charge < -0.3 is 16.0 Å². The van der Waals surface area contributed by atoms with E-state index in [0.717, 1.165) is 34.5 Å². The molecule has 0 aromatic heterocycles. The molecule has 1 aliphatic rings. The molecule has 3 aromatic rings. The number of amides is 1. The molecule has 1 unspecified atom stereocenters. The third-order valence-electron chi connectivity index (χ3n) is 5.48. The highest BCUT2D eigenvalue weighted by Crippen LogP contribution is 2.25. The molecule has 174 valence electrons. The van der Waals surface area contributed by atoms with Crippen LogP contribution in [0.5, 0.6) is 0 Å². The standard InChI is InChI=1S/C27H28FN5O/c1-19(34)31-23-11-9-22(10-12-23)26-14-16-30-27(33-26)32-24-7-4-5-20(17-24)18-29-15-13-21-6-2-3-8-25(21)28/h2-12,16-17,26,29H,13-15,18H2,1H3,(H,31,34)(H,32,33). The summed E-state index contributed by atoms with van der Waals surface area (Å²) in [5.41, 5.74) is 4.57. The van der Waals surface area contributed by atoms with Gasteiger partial charge in [0.25, 0.3) is 0 Å². The molecule has 3 N–H and O–H groups in total. The quantitative estimate of drug-likeness (QED) is 0.412. The summed E-state index contributed by atoms with van der Waals surface area (Å²) in [7, 11) is 0. The van der Waals surface area contributed by atoms with E-state index in [2.05, 4.69) is 27.0 Å². The van der Waals surface area contributed by atoms with Gasteiger partial charge in [0.1, 0.15) is 5.82 Å². The van der Waals surface area contributed by atoms with E-state index < -0.39 is 0 Å². The fourth-order valence-corrected chi connectivity index (χ4v) is 3.78. The van der Waals surface area contributed by atoms with Crippen molar-refractivity contribution in [1.82, 2.24) is 5.32 Å². The second kappa shape index (κ2) is 11.3. The van der Waals surface area contributed by atoms with Gasteiger partial charge in [0.05, 0.1) is 6.04 Å². The third kappa shape index (κ3) is 6.59. The van der Waals surface area contributed by atoms with Crippen LogP contribution in [-0.2, 0) is 17.8 Å². The van der Waals surface area contributed by atoms with Crippen LogP contribution < -0.4 is 16.0 Å². The number of benzene rings is 3. The van der Waals surface area contributed by atoms with Gasteiger partial charge in [0.15, 0.2) is 0 Å². The molecule has 1 amide bonds. The molecular weight excluding hydrogens is 429 g/mol. The van der Waals surface area contributed by atoms with E-state index in [9.17, 15) is 9.18 Å². The summed E-state index contributed by atoms with van der Waals surface area (Å²) in [6.07, 6.45) is 3.23. The first-order chi connectivity index (χ1) is 16.6. The largest absolute Gasteiger partial charge is 0.326 e. The van der Waals surface area contributed by atoms with E-state index in [1.54, 1.807) is 6.07 Å². The number of halogens is 1. The molecule has 0 saturated carbocycles. The number of anilines is 2. The predicted molar refractivity (Wildman–Crippen MR) is 136 cm³/mol. The highest BCUT2D eigenvalue weighted by atomic mass is 19.1. The second-order valence-electron chi connectivity index (χ2n) is 8.16. The van der Waals surface area contributed by atoms with Crippen LogP contribution in [0.25, 0.3) is 0 Å². The molecule has 7 heteroatoms. The average molecular weight is 458 g/mol. The Morgan fingerprint density at radius 1 is 1.03 bits per heavy atom. The second-order valence-corrected chi connectivity index (χ2v) is 8.16. The maximum atomic E-state index is 13.7. The van der Waals surface area contributed by atoms with Crippen molar-refractivity contribution in [2.75, 3.05) is 17.2 Å². The van der Waals surface area contributed by atoms with E-state index >= 15 is 0 Å². The summed E-state index contributed by atoms with van der Waals surface area (Å²) >= 11 is 0. The van der Waals surface area contributed by atoms with E-state index in [1.807, 2.05) is 60.8 Å². The molecule has 1 aliphatic heterocycles. The number of aliphatic imine (C=N–C) groups is 2. The zero-order valence-electron chi connectivity index (χ0n) is 19.1. The number of nitrogens with one attached hydrogen (secondary N) is 3. The number of carbonyl (C=O) groups is 1. The van der Waals surface area contributed by atoms with Gasteiger partial charge in [-0.25, -0.2) is 14.4 Å². The van der Waals surface area contributed by atoms with Gasteiger partial charge in [-0.05, 0) is 60.0 Å². The lowest BCUT2D eigenvalue weighted by molar-refractivity contribution is -0.114. The van der Waals surface area contributed by atoms with Crippen LogP contribution in [0.4, 0.5) is 15.8 Å². The monoisotopic (exact) mass is 457 g/mol. The Morgan fingerprint density at radius 2 is 1.85 bits per heavy atom. The third-order valence-corrected chi connectivity index (χ3v) is 5.48. The zero-order chi connectivity index (χ0) is 23.8. The molecule has 0 fully saturated rings. The molecule has 4 rings (SSSR count). The van der Waals surface area contributed by atoms with Crippen molar-refractivity contribution in [1.29, 1.82) is 0 Å². The minimum Gasteiger partial charge on any atom is -0.326 e. The Kier molecular flexibility index (Phi) is 7.78. The summed E-state index contributed by atoms with van der Waals surface area (Å²) < 4.78 is 13.7. The van der Waals surface area contributed by atoms with Crippen LogP contribution in [0.15, 0.2) is 82.8 Å². The van der Waals surface area contributed by atoms with Gasteiger partial charge in [-0.2, -0.15) is 0 Å². The number of hydrogen-bond acceptors (Lipinski definition) is 5. The summed E-state index contributed by atoms with van der Waals surface area (Å²) in [5.74, 6) is 0.308. The number of carbonyl (C=O) groups excluding carboxylic acids is 1. The van der Waals surface area contributed by atoms with Crippen molar-refractivity contribution >= 4 is 29.5 Å². The zero-order valence-corrected chi connectivity index (χ0v) is 19.1. The Hall–Kier alpha value is -3.84. The Balaban J connectivity index is 1.32. The Bertz CT molecular complexity index is 1190. The first kappa shape index (κ1) is 23.3. The summed E-state index contributed by atoms with van der Waals surface area (Å²) in [4.78, 5) is 20.4. The van der Waals surface area contributed by atoms with E-state index in [4.69, 9.17) is 4.99 Å². The highest BCUT2D eigenvalue weighted by molar-refractivity contribution is 5.99.